The van der Waals surface area contributed by atoms with Crippen molar-refractivity contribution in [2.45, 2.75) is 65.0 Å². The van der Waals surface area contributed by atoms with Crippen LogP contribution in [0.1, 0.15) is 61.3 Å². The molecule has 3 rings (SSSR count). The van der Waals surface area contributed by atoms with Crippen LogP contribution in [-0.2, 0) is 23.8 Å². The summed E-state index contributed by atoms with van der Waals surface area (Å²) in [7, 11) is 0. The fourth-order valence-electron chi connectivity index (χ4n) is 4.05. The lowest BCUT2D eigenvalue weighted by Gasteiger charge is -2.24. The number of rotatable bonds is 7. The summed E-state index contributed by atoms with van der Waals surface area (Å²) in [6, 6.07) is 4.11. The molecule has 2 saturated heterocycles. The molecule has 2 heterocycles. The summed E-state index contributed by atoms with van der Waals surface area (Å²) >= 11 is 0. The highest BCUT2D eigenvalue weighted by Gasteiger charge is 2.55. The van der Waals surface area contributed by atoms with E-state index < -0.39 is 47.9 Å². The molecule has 0 aromatic heterocycles. The van der Waals surface area contributed by atoms with Crippen LogP contribution in [0.5, 0.6) is 0 Å². The van der Waals surface area contributed by atoms with Gasteiger partial charge >= 0.3 is 17.9 Å². The number of carbonyl (C=O) groups excluding carboxylic acids is 3. The van der Waals surface area contributed by atoms with E-state index in [-0.39, 0.29) is 29.0 Å². The highest BCUT2D eigenvalue weighted by molar-refractivity contribution is 6.01. The Morgan fingerprint density at radius 1 is 0.903 bits per heavy atom. The number of fused-ring (bicyclic) bond motifs is 2. The third kappa shape index (κ3) is 5.04. The summed E-state index contributed by atoms with van der Waals surface area (Å²) in [6.07, 6.45) is -0.488. The second-order valence-electron chi connectivity index (χ2n) is 8.38. The van der Waals surface area contributed by atoms with Gasteiger partial charge in [0, 0.05) is 5.69 Å². The van der Waals surface area contributed by atoms with Gasteiger partial charge in [-0.15, -0.1) is 0 Å². The molecule has 2 aliphatic heterocycles. The van der Waals surface area contributed by atoms with Crippen LogP contribution in [0.15, 0.2) is 18.2 Å². The highest BCUT2D eigenvalue weighted by atomic mass is 16.5. The zero-order valence-electron chi connectivity index (χ0n) is 17.9. The SMILES string of the molecule is CC(C)OC(=O)c1cc(NC(=O)[C@H]2[C@@H](C(=O)O)[C@H]3CC[C@H]2O3)cc(C(=O)OC(C)C)c1. The molecule has 0 radical (unpaired) electrons. The Balaban J connectivity index is 1.88. The highest BCUT2D eigenvalue weighted by Crippen LogP contribution is 2.44. The van der Waals surface area contributed by atoms with Crippen LogP contribution in [0, 0.1) is 11.8 Å². The van der Waals surface area contributed by atoms with Gasteiger partial charge in [-0.25, -0.2) is 9.59 Å². The lowest BCUT2D eigenvalue weighted by molar-refractivity contribution is -0.147. The third-order valence-electron chi connectivity index (χ3n) is 5.22. The fourth-order valence-corrected chi connectivity index (χ4v) is 4.05. The summed E-state index contributed by atoms with van der Waals surface area (Å²) in [5.41, 5.74) is 0.313. The minimum atomic E-state index is -1.08. The van der Waals surface area contributed by atoms with E-state index in [9.17, 15) is 24.3 Å². The number of benzene rings is 1. The third-order valence-corrected chi connectivity index (χ3v) is 5.22. The van der Waals surface area contributed by atoms with Gasteiger partial charge in [-0.3, -0.25) is 9.59 Å². The molecule has 2 fully saturated rings. The maximum atomic E-state index is 13.0. The van der Waals surface area contributed by atoms with Gasteiger partial charge in [0.15, 0.2) is 0 Å². The molecule has 0 saturated carbocycles. The standard InChI is InChI=1S/C22H27NO8/c1-10(2)29-21(27)12-7-13(22(28)30-11(3)4)9-14(8-12)23-19(24)17-15-5-6-16(31-15)18(17)20(25)26/h7-11,15-18H,5-6H2,1-4H3,(H,23,24)(H,25,26)/t15-,16-,17-,18+/m1/s1. The number of amides is 1. The van der Waals surface area contributed by atoms with Crippen molar-refractivity contribution in [1.82, 2.24) is 0 Å². The number of carboxylic acids is 1. The lowest BCUT2D eigenvalue weighted by Crippen LogP contribution is -2.41. The van der Waals surface area contributed by atoms with E-state index in [1.54, 1.807) is 27.7 Å². The first-order valence-corrected chi connectivity index (χ1v) is 10.3. The molecule has 2 aliphatic rings. The van der Waals surface area contributed by atoms with E-state index in [0.29, 0.717) is 12.8 Å². The molecule has 31 heavy (non-hydrogen) atoms. The largest absolute Gasteiger partial charge is 0.481 e. The molecule has 1 amide bonds. The number of aliphatic carboxylic acids is 1. The number of carboxylic acid groups (broad SMARTS) is 1. The second kappa shape index (κ2) is 9.05. The molecule has 0 aliphatic carbocycles. The Morgan fingerprint density at radius 2 is 1.39 bits per heavy atom. The van der Waals surface area contributed by atoms with Gasteiger partial charge in [-0.1, -0.05) is 0 Å². The summed E-state index contributed by atoms with van der Waals surface area (Å²) in [6.45, 7) is 6.77. The van der Waals surface area contributed by atoms with E-state index in [0.717, 1.165) is 0 Å². The summed E-state index contributed by atoms with van der Waals surface area (Å²) in [5.74, 6) is -4.71. The first-order chi connectivity index (χ1) is 14.6. The number of hydrogen-bond donors (Lipinski definition) is 2. The van der Waals surface area contributed by atoms with Crippen molar-refractivity contribution in [3.63, 3.8) is 0 Å². The van der Waals surface area contributed by atoms with Crippen molar-refractivity contribution in [1.29, 1.82) is 0 Å². The van der Waals surface area contributed by atoms with Crippen LogP contribution in [0.4, 0.5) is 5.69 Å². The van der Waals surface area contributed by atoms with Gasteiger partial charge in [0.2, 0.25) is 5.91 Å². The molecule has 9 heteroatoms. The van der Waals surface area contributed by atoms with Crippen LogP contribution in [0.3, 0.4) is 0 Å². The molecular formula is C22H27NO8. The fraction of sp³-hybridized carbons (Fsp3) is 0.545. The van der Waals surface area contributed by atoms with E-state index in [2.05, 4.69) is 5.32 Å². The van der Waals surface area contributed by atoms with Crippen LogP contribution in [0.25, 0.3) is 0 Å². The van der Waals surface area contributed by atoms with Crippen molar-refractivity contribution in [2.24, 2.45) is 11.8 Å². The van der Waals surface area contributed by atoms with Crippen LogP contribution < -0.4 is 5.32 Å². The van der Waals surface area contributed by atoms with Gasteiger partial charge in [0.25, 0.3) is 0 Å². The van der Waals surface area contributed by atoms with Crippen molar-refractivity contribution in [3.8, 4) is 0 Å². The normalized spacial score (nSPS) is 24.3. The van der Waals surface area contributed by atoms with E-state index in [4.69, 9.17) is 14.2 Å². The van der Waals surface area contributed by atoms with Crippen molar-refractivity contribution < 1.29 is 38.5 Å². The number of nitrogens with one attached hydrogen (secondary N) is 1. The van der Waals surface area contributed by atoms with Crippen LogP contribution >= 0.6 is 0 Å². The number of hydrogen-bond acceptors (Lipinski definition) is 7. The minimum absolute atomic E-state index is 0.0705. The minimum Gasteiger partial charge on any atom is -0.481 e. The monoisotopic (exact) mass is 433 g/mol. The molecule has 0 unspecified atom stereocenters. The molecule has 2 bridgehead atoms. The quantitative estimate of drug-likeness (QED) is 0.628. The number of carbonyl (C=O) groups is 4. The average Bonchev–Trinajstić information content (AvgIpc) is 3.28. The topological polar surface area (TPSA) is 128 Å². The van der Waals surface area contributed by atoms with E-state index in [1.807, 2.05) is 0 Å². The van der Waals surface area contributed by atoms with E-state index in [1.165, 1.54) is 18.2 Å². The van der Waals surface area contributed by atoms with Gasteiger partial charge < -0.3 is 24.6 Å². The molecule has 9 nitrogen and oxygen atoms in total. The molecule has 1 aromatic rings. The Bertz CT molecular complexity index is 853. The predicted molar refractivity (Wildman–Crippen MR) is 109 cm³/mol. The lowest BCUT2D eigenvalue weighted by atomic mass is 9.78. The van der Waals surface area contributed by atoms with Crippen LogP contribution in [-0.4, -0.2) is 53.3 Å². The molecule has 168 valence electrons. The number of esters is 2. The average molecular weight is 433 g/mol. The van der Waals surface area contributed by atoms with Gasteiger partial charge in [-0.2, -0.15) is 0 Å². The Kier molecular flexibility index (Phi) is 6.64. The summed E-state index contributed by atoms with van der Waals surface area (Å²) < 4.78 is 16.0. The molecule has 0 spiro atoms. The second-order valence-corrected chi connectivity index (χ2v) is 8.38. The maximum Gasteiger partial charge on any atom is 0.338 e. The predicted octanol–water partition coefficient (Wildman–Crippen LogP) is 2.63. The smallest absolute Gasteiger partial charge is 0.338 e. The zero-order valence-corrected chi connectivity index (χ0v) is 17.9. The van der Waals surface area contributed by atoms with E-state index >= 15 is 0 Å². The Morgan fingerprint density at radius 3 is 1.84 bits per heavy atom. The van der Waals surface area contributed by atoms with Gasteiger partial charge in [0.05, 0.1) is 47.4 Å². The molecule has 2 N–H and O–H groups in total. The molecular weight excluding hydrogens is 406 g/mol. The van der Waals surface area contributed by atoms with Gasteiger partial charge in [-0.05, 0) is 58.7 Å². The van der Waals surface area contributed by atoms with Crippen molar-refractivity contribution >= 4 is 29.5 Å². The van der Waals surface area contributed by atoms with Crippen molar-refractivity contribution in [3.05, 3.63) is 29.3 Å². The first kappa shape index (κ1) is 22.7. The summed E-state index contributed by atoms with van der Waals surface area (Å²) in [5, 5.41) is 12.2. The zero-order chi connectivity index (χ0) is 22.9. The Labute approximate surface area is 180 Å². The summed E-state index contributed by atoms with van der Waals surface area (Å²) in [4.78, 5) is 49.4. The molecule has 1 aromatic carbocycles. The number of anilines is 1. The first-order valence-electron chi connectivity index (χ1n) is 10.3. The Hall–Kier alpha value is -2.94. The van der Waals surface area contributed by atoms with Crippen LogP contribution in [0.2, 0.25) is 0 Å². The molecule has 4 atom stereocenters. The van der Waals surface area contributed by atoms with Crippen molar-refractivity contribution in [2.75, 3.05) is 5.32 Å². The maximum absolute atomic E-state index is 13.0. The van der Waals surface area contributed by atoms with Gasteiger partial charge in [0.1, 0.15) is 0 Å². The number of ether oxygens (including phenoxy) is 3.